The summed E-state index contributed by atoms with van der Waals surface area (Å²) in [5, 5.41) is 12.7. The predicted molar refractivity (Wildman–Crippen MR) is 72.6 cm³/mol. The number of ether oxygens (including phenoxy) is 1. The fraction of sp³-hybridized carbons (Fsp3) is 1.00. The van der Waals surface area contributed by atoms with Crippen LogP contribution in [0.5, 0.6) is 0 Å². The van der Waals surface area contributed by atoms with Crippen LogP contribution in [-0.2, 0) is 4.74 Å². The first-order valence-corrected chi connectivity index (χ1v) is 7.35. The summed E-state index contributed by atoms with van der Waals surface area (Å²) in [7, 11) is 2.09. The maximum atomic E-state index is 9.19. The highest BCUT2D eigenvalue weighted by atomic mass is 16.5. The van der Waals surface area contributed by atoms with E-state index >= 15 is 0 Å². The number of rotatable bonds is 4. The molecule has 0 spiro atoms. The third-order valence-electron chi connectivity index (χ3n) is 4.53. The Kier molecular flexibility index (Phi) is 5.42. The van der Waals surface area contributed by atoms with Crippen molar-refractivity contribution in [3.8, 4) is 0 Å². The zero-order valence-corrected chi connectivity index (χ0v) is 11.8. The lowest BCUT2D eigenvalue weighted by Gasteiger charge is -2.40. The van der Waals surface area contributed by atoms with Crippen molar-refractivity contribution in [3.05, 3.63) is 0 Å². The van der Waals surface area contributed by atoms with E-state index in [1.54, 1.807) is 0 Å². The summed E-state index contributed by atoms with van der Waals surface area (Å²) in [4.78, 5) is 2.47. The van der Waals surface area contributed by atoms with Crippen LogP contribution in [-0.4, -0.2) is 62.0 Å². The van der Waals surface area contributed by atoms with Gasteiger partial charge in [0.1, 0.15) is 0 Å². The number of morpholine rings is 1. The minimum absolute atomic E-state index is 0.0211. The van der Waals surface area contributed by atoms with E-state index in [-0.39, 0.29) is 12.7 Å². The molecule has 2 aliphatic rings. The smallest absolute Gasteiger partial charge is 0.0932 e. The fourth-order valence-electron chi connectivity index (χ4n) is 3.47. The molecule has 4 heteroatoms. The molecule has 0 aromatic heterocycles. The molecule has 0 amide bonds. The van der Waals surface area contributed by atoms with Gasteiger partial charge in [0, 0.05) is 25.7 Å². The highest BCUT2D eigenvalue weighted by molar-refractivity contribution is 4.86. The molecule has 2 fully saturated rings. The van der Waals surface area contributed by atoms with Gasteiger partial charge in [-0.15, -0.1) is 0 Å². The van der Waals surface area contributed by atoms with Gasteiger partial charge in [-0.3, -0.25) is 4.90 Å². The number of nitrogens with zero attached hydrogens (tertiary/aromatic N) is 1. The molecule has 1 saturated heterocycles. The molecule has 106 valence electrons. The van der Waals surface area contributed by atoms with Gasteiger partial charge in [0.15, 0.2) is 0 Å². The Labute approximate surface area is 111 Å². The van der Waals surface area contributed by atoms with Gasteiger partial charge in [0.05, 0.1) is 19.3 Å². The van der Waals surface area contributed by atoms with E-state index < -0.39 is 0 Å². The SMILES string of the molecule is CNC1CCC(C)CC1CN1CCOC(CO)C1. The number of nitrogens with one attached hydrogen (secondary N) is 1. The number of hydrogen-bond acceptors (Lipinski definition) is 4. The molecule has 1 saturated carbocycles. The molecule has 4 unspecified atom stereocenters. The molecule has 0 aromatic rings. The Hall–Kier alpha value is -0.160. The summed E-state index contributed by atoms with van der Waals surface area (Å²) in [6, 6.07) is 0.664. The third-order valence-corrected chi connectivity index (χ3v) is 4.53. The molecule has 1 aliphatic carbocycles. The second-order valence-electron chi connectivity index (χ2n) is 6.01. The molecule has 1 aliphatic heterocycles. The third kappa shape index (κ3) is 3.67. The van der Waals surface area contributed by atoms with Crippen LogP contribution in [0.15, 0.2) is 0 Å². The maximum Gasteiger partial charge on any atom is 0.0932 e. The number of aliphatic hydroxyl groups is 1. The maximum absolute atomic E-state index is 9.19. The van der Waals surface area contributed by atoms with Crippen LogP contribution in [0.3, 0.4) is 0 Å². The van der Waals surface area contributed by atoms with Gasteiger partial charge >= 0.3 is 0 Å². The highest BCUT2D eigenvalue weighted by Gasteiger charge is 2.30. The molecular weight excluding hydrogens is 228 g/mol. The van der Waals surface area contributed by atoms with Gasteiger partial charge in [0.2, 0.25) is 0 Å². The van der Waals surface area contributed by atoms with Crippen LogP contribution >= 0.6 is 0 Å². The summed E-state index contributed by atoms with van der Waals surface area (Å²) < 4.78 is 5.51. The molecule has 4 nitrogen and oxygen atoms in total. The first-order valence-electron chi connectivity index (χ1n) is 7.35. The summed E-state index contributed by atoms with van der Waals surface area (Å²) >= 11 is 0. The minimum Gasteiger partial charge on any atom is -0.394 e. The second-order valence-corrected chi connectivity index (χ2v) is 6.01. The van der Waals surface area contributed by atoms with Crippen molar-refractivity contribution in [2.75, 3.05) is 39.9 Å². The van der Waals surface area contributed by atoms with E-state index in [1.165, 1.54) is 19.3 Å². The van der Waals surface area contributed by atoms with Gasteiger partial charge in [-0.2, -0.15) is 0 Å². The highest BCUT2D eigenvalue weighted by Crippen LogP contribution is 2.29. The van der Waals surface area contributed by atoms with Crippen LogP contribution in [0, 0.1) is 11.8 Å². The molecule has 1 heterocycles. The van der Waals surface area contributed by atoms with Gasteiger partial charge in [-0.25, -0.2) is 0 Å². The van der Waals surface area contributed by atoms with E-state index in [1.807, 2.05) is 0 Å². The first kappa shape index (κ1) is 14.3. The van der Waals surface area contributed by atoms with E-state index in [9.17, 15) is 5.11 Å². The second kappa shape index (κ2) is 6.85. The normalized spacial score (nSPS) is 38.8. The van der Waals surface area contributed by atoms with Gasteiger partial charge < -0.3 is 15.2 Å². The van der Waals surface area contributed by atoms with Crippen molar-refractivity contribution < 1.29 is 9.84 Å². The Morgan fingerprint density at radius 3 is 2.94 bits per heavy atom. The van der Waals surface area contributed by atoms with Gasteiger partial charge in [-0.05, 0) is 38.1 Å². The van der Waals surface area contributed by atoms with E-state index in [2.05, 4.69) is 24.2 Å². The molecule has 2 rings (SSSR count). The summed E-state index contributed by atoms with van der Waals surface area (Å²) in [6.45, 7) is 6.32. The molecule has 2 N–H and O–H groups in total. The van der Waals surface area contributed by atoms with E-state index in [4.69, 9.17) is 4.74 Å². The van der Waals surface area contributed by atoms with Crippen LogP contribution in [0.25, 0.3) is 0 Å². The quantitative estimate of drug-likeness (QED) is 0.777. The van der Waals surface area contributed by atoms with Crippen molar-refractivity contribution in [1.29, 1.82) is 0 Å². The first-order chi connectivity index (χ1) is 8.72. The van der Waals surface area contributed by atoms with Crippen LogP contribution < -0.4 is 5.32 Å². The lowest BCUT2D eigenvalue weighted by Crippen LogP contribution is -2.50. The average Bonchev–Trinajstić information content (AvgIpc) is 2.39. The predicted octanol–water partition coefficient (Wildman–Crippen LogP) is 0.704. The Morgan fingerprint density at radius 2 is 2.22 bits per heavy atom. The van der Waals surface area contributed by atoms with E-state index in [0.717, 1.165) is 38.1 Å². The molecule has 4 atom stereocenters. The van der Waals surface area contributed by atoms with Crippen molar-refractivity contribution in [3.63, 3.8) is 0 Å². The fourth-order valence-corrected chi connectivity index (χ4v) is 3.47. The van der Waals surface area contributed by atoms with Gasteiger partial charge in [-0.1, -0.05) is 6.92 Å². The standard InChI is InChI=1S/C14H28N2O2/c1-11-3-4-14(15-2)12(7-11)8-16-5-6-18-13(9-16)10-17/h11-15,17H,3-10H2,1-2H3. The largest absolute Gasteiger partial charge is 0.394 e. The van der Waals surface area contributed by atoms with Crippen LogP contribution in [0.1, 0.15) is 26.2 Å². The Morgan fingerprint density at radius 1 is 1.39 bits per heavy atom. The van der Waals surface area contributed by atoms with Crippen molar-refractivity contribution >= 4 is 0 Å². The van der Waals surface area contributed by atoms with E-state index in [0.29, 0.717) is 6.04 Å². The molecular formula is C14H28N2O2. The lowest BCUT2D eigenvalue weighted by molar-refractivity contribution is -0.0590. The number of hydrogen-bond donors (Lipinski definition) is 2. The zero-order chi connectivity index (χ0) is 13.0. The summed E-state index contributed by atoms with van der Waals surface area (Å²) in [5.41, 5.74) is 0. The topological polar surface area (TPSA) is 44.7 Å². The molecule has 18 heavy (non-hydrogen) atoms. The number of aliphatic hydroxyl groups excluding tert-OH is 1. The van der Waals surface area contributed by atoms with Crippen molar-refractivity contribution in [1.82, 2.24) is 10.2 Å². The monoisotopic (exact) mass is 256 g/mol. The van der Waals surface area contributed by atoms with Gasteiger partial charge in [0.25, 0.3) is 0 Å². The molecule has 0 bridgehead atoms. The summed E-state index contributed by atoms with van der Waals surface area (Å²) in [6.07, 6.45) is 4.00. The van der Waals surface area contributed by atoms with Crippen LogP contribution in [0.4, 0.5) is 0 Å². The van der Waals surface area contributed by atoms with Crippen molar-refractivity contribution in [2.45, 2.75) is 38.3 Å². The average molecular weight is 256 g/mol. The molecule has 0 aromatic carbocycles. The minimum atomic E-state index is 0.0211. The Bertz CT molecular complexity index is 250. The lowest BCUT2D eigenvalue weighted by atomic mass is 9.78. The zero-order valence-electron chi connectivity index (χ0n) is 11.8. The summed E-state index contributed by atoms with van der Waals surface area (Å²) in [5.74, 6) is 1.60. The molecule has 0 radical (unpaired) electrons. The van der Waals surface area contributed by atoms with Crippen LogP contribution in [0.2, 0.25) is 0 Å². The Balaban J connectivity index is 1.85. The van der Waals surface area contributed by atoms with Crippen molar-refractivity contribution in [2.24, 2.45) is 11.8 Å².